The summed E-state index contributed by atoms with van der Waals surface area (Å²) in [6.07, 6.45) is 3.01. The van der Waals surface area contributed by atoms with Crippen molar-refractivity contribution in [3.63, 3.8) is 0 Å². The first-order valence-electron chi connectivity index (χ1n) is 11.4. The van der Waals surface area contributed by atoms with E-state index in [0.29, 0.717) is 23.4 Å². The number of anilines is 1. The van der Waals surface area contributed by atoms with Crippen LogP contribution in [0.2, 0.25) is 0 Å². The third kappa shape index (κ3) is 4.14. The van der Waals surface area contributed by atoms with Crippen LogP contribution >= 0.6 is 0 Å². The molecule has 2 aromatic carbocycles. The zero-order valence-electron chi connectivity index (χ0n) is 18.1. The van der Waals surface area contributed by atoms with Gasteiger partial charge in [-0.2, -0.15) is 0 Å². The fourth-order valence-electron chi connectivity index (χ4n) is 5.34. The summed E-state index contributed by atoms with van der Waals surface area (Å²) in [5.74, 6) is 1.90. The maximum absolute atomic E-state index is 11.3. The van der Waals surface area contributed by atoms with Gasteiger partial charge in [0.15, 0.2) is 0 Å². The highest BCUT2D eigenvalue weighted by atomic mass is 16.6. The smallest absolute Gasteiger partial charge is 0.292 e. The zero-order chi connectivity index (χ0) is 22.1. The molecular formula is C24H29N5O3. The van der Waals surface area contributed by atoms with E-state index in [0.717, 1.165) is 64.4 Å². The third-order valence-electron chi connectivity index (χ3n) is 7.01. The van der Waals surface area contributed by atoms with Crippen LogP contribution in [0.15, 0.2) is 47.5 Å². The van der Waals surface area contributed by atoms with Crippen molar-refractivity contribution < 1.29 is 10.0 Å². The van der Waals surface area contributed by atoms with Crippen LogP contribution in [0, 0.1) is 10.1 Å². The summed E-state index contributed by atoms with van der Waals surface area (Å²) >= 11 is 0. The number of amidine groups is 1. The lowest BCUT2D eigenvalue weighted by atomic mass is 9.80. The maximum atomic E-state index is 11.3. The molecule has 5 rings (SSSR count). The fourth-order valence-corrected chi connectivity index (χ4v) is 5.34. The molecule has 2 saturated heterocycles. The molecule has 2 aromatic rings. The molecule has 0 radical (unpaired) electrons. The van der Waals surface area contributed by atoms with E-state index >= 15 is 0 Å². The molecule has 0 spiro atoms. The number of aromatic hydroxyl groups is 1. The number of aryl methyl sites for hydroxylation is 1. The summed E-state index contributed by atoms with van der Waals surface area (Å²) in [5, 5.41) is 24.7. The molecule has 2 N–H and O–H groups in total. The zero-order valence-corrected chi connectivity index (χ0v) is 18.1. The van der Waals surface area contributed by atoms with Gasteiger partial charge in [-0.1, -0.05) is 18.2 Å². The van der Waals surface area contributed by atoms with Crippen LogP contribution < -0.4 is 10.2 Å². The molecule has 2 atom stereocenters. The molecular weight excluding hydrogens is 406 g/mol. The van der Waals surface area contributed by atoms with Crippen LogP contribution in [-0.2, 0) is 6.42 Å². The van der Waals surface area contributed by atoms with E-state index < -0.39 is 0 Å². The average molecular weight is 436 g/mol. The van der Waals surface area contributed by atoms with E-state index in [4.69, 9.17) is 4.99 Å². The quantitative estimate of drug-likeness (QED) is 0.554. The number of nitro groups is 1. The number of nitrogens with one attached hydrogen (secondary N) is 1. The second-order valence-electron chi connectivity index (χ2n) is 8.89. The standard InChI is InChI=1S/C24H29N5O3/c30-18-6-7-19-17(15-18)5-8-21-20(19)16-24(26-21)25-9-10-27-11-13-28(14-12-27)22-3-1-2-4-23(22)29(31)32/h1-4,6-7,15,20-21,30H,5,8-14,16H2,(H,25,26). The predicted molar refractivity (Wildman–Crippen MR) is 125 cm³/mol. The number of phenolic OH excluding ortho intramolecular Hbond substituents is 1. The Labute approximate surface area is 187 Å². The molecule has 3 aliphatic rings. The van der Waals surface area contributed by atoms with Gasteiger partial charge >= 0.3 is 0 Å². The Hall–Kier alpha value is -3.13. The van der Waals surface area contributed by atoms with Crippen LogP contribution in [0.5, 0.6) is 5.75 Å². The van der Waals surface area contributed by atoms with Gasteiger partial charge in [0.2, 0.25) is 0 Å². The molecule has 2 heterocycles. The fraction of sp³-hybridized carbons (Fsp3) is 0.458. The molecule has 8 nitrogen and oxygen atoms in total. The minimum atomic E-state index is -0.300. The SMILES string of the molecule is O=[N+]([O-])c1ccccc1N1CCN(CCN=C2CC3c4ccc(O)cc4CCC3N2)CC1. The number of hydrogen-bond acceptors (Lipinski definition) is 6. The highest BCUT2D eigenvalue weighted by molar-refractivity contribution is 5.86. The maximum Gasteiger partial charge on any atom is 0.292 e. The summed E-state index contributed by atoms with van der Waals surface area (Å²) in [6.45, 7) is 4.99. The Balaban J connectivity index is 1.13. The second-order valence-corrected chi connectivity index (χ2v) is 8.89. The Bertz CT molecular complexity index is 1030. The van der Waals surface area contributed by atoms with Gasteiger partial charge < -0.3 is 15.3 Å². The lowest BCUT2D eigenvalue weighted by Crippen LogP contribution is -2.47. The largest absolute Gasteiger partial charge is 0.508 e. The molecule has 0 aromatic heterocycles. The van der Waals surface area contributed by atoms with Gasteiger partial charge in [-0.3, -0.25) is 20.0 Å². The van der Waals surface area contributed by atoms with E-state index in [-0.39, 0.29) is 10.6 Å². The Kier molecular flexibility index (Phi) is 5.70. The number of benzene rings is 2. The molecule has 2 fully saturated rings. The van der Waals surface area contributed by atoms with Crippen LogP contribution in [0.4, 0.5) is 11.4 Å². The summed E-state index contributed by atoms with van der Waals surface area (Å²) in [5.41, 5.74) is 3.51. The van der Waals surface area contributed by atoms with Crippen molar-refractivity contribution in [3.8, 4) is 5.75 Å². The van der Waals surface area contributed by atoms with E-state index in [1.165, 1.54) is 11.1 Å². The van der Waals surface area contributed by atoms with Gasteiger partial charge in [-0.25, -0.2) is 0 Å². The van der Waals surface area contributed by atoms with Gasteiger partial charge in [0.25, 0.3) is 5.69 Å². The minimum Gasteiger partial charge on any atom is -0.508 e. The molecule has 2 aliphatic heterocycles. The highest BCUT2D eigenvalue weighted by Crippen LogP contribution is 2.39. The summed E-state index contributed by atoms with van der Waals surface area (Å²) in [4.78, 5) is 20.4. The monoisotopic (exact) mass is 435 g/mol. The number of para-hydroxylation sites is 2. The number of phenols is 1. The number of fused-ring (bicyclic) bond motifs is 3. The number of hydrogen-bond donors (Lipinski definition) is 2. The van der Waals surface area contributed by atoms with Crippen molar-refractivity contribution in [1.82, 2.24) is 10.2 Å². The number of nitro benzene ring substituents is 1. The van der Waals surface area contributed by atoms with Gasteiger partial charge in [-0.05, 0) is 42.2 Å². The molecule has 168 valence electrons. The van der Waals surface area contributed by atoms with Gasteiger partial charge in [0, 0.05) is 57.2 Å². The molecule has 8 heteroatoms. The van der Waals surface area contributed by atoms with Crippen molar-refractivity contribution in [2.45, 2.75) is 31.2 Å². The summed E-state index contributed by atoms with van der Waals surface area (Å²) in [7, 11) is 0. The number of aliphatic imine (C=N–C) groups is 1. The molecule has 1 aliphatic carbocycles. The second kappa shape index (κ2) is 8.78. The molecule has 0 amide bonds. The third-order valence-corrected chi connectivity index (χ3v) is 7.01. The van der Waals surface area contributed by atoms with E-state index in [1.807, 2.05) is 18.2 Å². The summed E-state index contributed by atoms with van der Waals surface area (Å²) < 4.78 is 0. The van der Waals surface area contributed by atoms with Crippen LogP contribution in [0.25, 0.3) is 0 Å². The van der Waals surface area contributed by atoms with Crippen molar-refractivity contribution in [2.24, 2.45) is 4.99 Å². The van der Waals surface area contributed by atoms with E-state index in [2.05, 4.69) is 21.2 Å². The average Bonchev–Trinajstić information content (AvgIpc) is 3.22. The Morgan fingerprint density at radius 3 is 2.78 bits per heavy atom. The Morgan fingerprint density at radius 2 is 1.97 bits per heavy atom. The molecule has 32 heavy (non-hydrogen) atoms. The number of rotatable bonds is 5. The first-order valence-corrected chi connectivity index (χ1v) is 11.4. The molecule has 0 saturated carbocycles. The first-order chi connectivity index (χ1) is 15.6. The molecule has 2 unspecified atom stereocenters. The van der Waals surface area contributed by atoms with E-state index in [9.17, 15) is 15.2 Å². The lowest BCUT2D eigenvalue weighted by molar-refractivity contribution is -0.384. The van der Waals surface area contributed by atoms with E-state index in [1.54, 1.807) is 18.2 Å². The number of nitrogens with zero attached hydrogens (tertiary/aromatic N) is 4. The van der Waals surface area contributed by atoms with Crippen LogP contribution in [-0.4, -0.2) is 66.1 Å². The van der Waals surface area contributed by atoms with Gasteiger partial charge in [-0.15, -0.1) is 0 Å². The van der Waals surface area contributed by atoms with Gasteiger partial charge in [0.05, 0.1) is 17.3 Å². The minimum absolute atomic E-state index is 0.179. The van der Waals surface area contributed by atoms with Crippen molar-refractivity contribution >= 4 is 17.2 Å². The molecule has 0 bridgehead atoms. The van der Waals surface area contributed by atoms with Crippen molar-refractivity contribution in [1.29, 1.82) is 0 Å². The Morgan fingerprint density at radius 1 is 1.16 bits per heavy atom. The predicted octanol–water partition coefficient (Wildman–Crippen LogP) is 2.91. The van der Waals surface area contributed by atoms with Crippen molar-refractivity contribution in [3.05, 3.63) is 63.7 Å². The normalized spacial score (nSPS) is 24.1. The van der Waals surface area contributed by atoms with Crippen LogP contribution in [0.3, 0.4) is 0 Å². The van der Waals surface area contributed by atoms with Crippen molar-refractivity contribution in [2.75, 3.05) is 44.2 Å². The lowest BCUT2D eigenvalue weighted by Gasteiger charge is -2.35. The highest BCUT2D eigenvalue weighted by Gasteiger charge is 2.36. The summed E-state index contributed by atoms with van der Waals surface area (Å²) in [6, 6.07) is 13.2. The number of piperazine rings is 1. The van der Waals surface area contributed by atoms with Gasteiger partial charge in [0.1, 0.15) is 11.4 Å². The van der Waals surface area contributed by atoms with Crippen LogP contribution in [0.1, 0.15) is 29.9 Å². The first kappa shape index (κ1) is 20.8. The topological polar surface area (TPSA) is 94.2 Å².